The van der Waals surface area contributed by atoms with E-state index in [2.05, 4.69) is 27.2 Å². The Morgan fingerprint density at radius 3 is 2.42 bits per heavy atom. The van der Waals surface area contributed by atoms with Crippen LogP contribution in [-0.2, 0) is 11.8 Å². The molecule has 166 valence electrons. The predicted octanol–water partition coefficient (Wildman–Crippen LogP) is 2.65. The third-order valence-electron chi connectivity index (χ3n) is 6.39. The number of amides is 1. The van der Waals surface area contributed by atoms with Gasteiger partial charge >= 0.3 is 0 Å². The molecule has 1 amide bonds. The van der Waals surface area contributed by atoms with Gasteiger partial charge in [-0.15, -0.1) is 0 Å². The zero-order chi connectivity index (χ0) is 23.1. The summed E-state index contributed by atoms with van der Waals surface area (Å²) in [5, 5.41) is 18.4. The van der Waals surface area contributed by atoms with Crippen molar-refractivity contribution in [3.05, 3.63) is 54.2 Å². The molecule has 0 N–H and O–H groups in total. The number of pyridine rings is 2. The van der Waals surface area contributed by atoms with Crippen molar-refractivity contribution < 1.29 is 4.79 Å². The highest BCUT2D eigenvalue weighted by Gasteiger charge is 2.20. The average Bonchev–Trinajstić information content (AvgIpc) is 3.41. The lowest BCUT2D eigenvalue weighted by Gasteiger charge is -2.34. The van der Waals surface area contributed by atoms with Crippen molar-refractivity contribution in [2.24, 2.45) is 7.05 Å². The number of carbonyl (C=O) groups is 1. The fraction of sp³-hybridized carbons (Fsp3) is 0.292. The van der Waals surface area contributed by atoms with Crippen molar-refractivity contribution >= 4 is 17.2 Å². The Morgan fingerprint density at radius 2 is 1.82 bits per heavy atom. The molecule has 0 radical (unpaired) electrons. The van der Waals surface area contributed by atoms with Crippen LogP contribution in [0.1, 0.15) is 18.2 Å². The average molecular weight is 441 g/mol. The van der Waals surface area contributed by atoms with Crippen LogP contribution in [0.2, 0.25) is 0 Å². The number of carbonyl (C=O) groups excluding carboxylic acids is 1. The van der Waals surface area contributed by atoms with E-state index < -0.39 is 0 Å². The molecule has 1 saturated heterocycles. The fourth-order valence-electron chi connectivity index (χ4n) is 4.34. The summed E-state index contributed by atoms with van der Waals surface area (Å²) in [5.74, 6) is 0.992. The zero-order valence-corrected chi connectivity index (χ0v) is 18.9. The third-order valence-corrected chi connectivity index (χ3v) is 6.39. The molecule has 0 aromatic carbocycles. The van der Waals surface area contributed by atoms with Crippen LogP contribution in [-0.4, -0.2) is 61.4 Å². The zero-order valence-electron chi connectivity index (χ0n) is 18.9. The second-order valence-corrected chi connectivity index (χ2v) is 8.27. The summed E-state index contributed by atoms with van der Waals surface area (Å²) in [5.41, 5.74) is 6.11. The highest BCUT2D eigenvalue weighted by atomic mass is 16.2. The molecule has 0 aliphatic carbocycles. The van der Waals surface area contributed by atoms with Crippen LogP contribution in [0.4, 0.5) is 5.82 Å². The van der Waals surface area contributed by atoms with E-state index in [0.29, 0.717) is 18.7 Å². The number of nitrogens with zero attached hydrogens (tertiary/aromatic N) is 8. The summed E-state index contributed by atoms with van der Waals surface area (Å²) in [4.78, 5) is 20.3. The monoisotopic (exact) mass is 440 g/mol. The molecule has 9 nitrogen and oxygen atoms in total. The maximum Gasteiger partial charge on any atom is 0.219 e. The summed E-state index contributed by atoms with van der Waals surface area (Å²) in [6.45, 7) is 6.55. The Kier molecular flexibility index (Phi) is 5.05. The van der Waals surface area contributed by atoms with E-state index in [1.165, 1.54) is 0 Å². The topological polar surface area (TPSA) is 95.4 Å². The van der Waals surface area contributed by atoms with Gasteiger partial charge in [0.2, 0.25) is 5.91 Å². The van der Waals surface area contributed by atoms with Crippen LogP contribution >= 0.6 is 0 Å². The van der Waals surface area contributed by atoms with E-state index in [0.717, 1.165) is 52.4 Å². The summed E-state index contributed by atoms with van der Waals surface area (Å²) < 4.78 is 3.59. The first-order chi connectivity index (χ1) is 16.0. The lowest BCUT2D eigenvalue weighted by molar-refractivity contribution is -0.129. The van der Waals surface area contributed by atoms with Gasteiger partial charge in [-0.3, -0.25) is 9.48 Å². The minimum atomic E-state index is 0.111. The Morgan fingerprint density at radius 1 is 1.03 bits per heavy atom. The van der Waals surface area contributed by atoms with E-state index >= 15 is 0 Å². The molecular weight excluding hydrogens is 416 g/mol. The van der Waals surface area contributed by atoms with Gasteiger partial charge in [0, 0.05) is 80.5 Å². The van der Waals surface area contributed by atoms with Crippen molar-refractivity contribution in [1.82, 2.24) is 29.3 Å². The predicted molar refractivity (Wildman–Crippen MR) is 125 cm³/mol. The highest BCUT2D eigenvalue weighted by molar-refractivity contribution is 5.87. The summed E-state index contributed by atoms with van der Waals surface area (Å²) in [6, 6.07) is 8.35. The number of aryl methyl sites for hydroxylation is 1. The van der Waals surface area contributed by atoms with Gasteiger partial charge in [-0.05, 0) is 25.1 Å². The highest BCUT2D eigenvalue weighted by Crippen LogP contribution is 2.33. The van der Waals surface area contributed by atoms with Gasteiger partial charge in [0.25, 0.3) is 0 Å². The second-order valence-electron chi connectivity index (χ2n) is 8.27. The molecule has 33 heavy (non-hydrogen) atoms. The molecule has 0 spiro atoms. The summed E-state index contributed by atoms with van der Waals surface area (Å²) in [7, 11) is 1.92. The number of hydrogen-bond donors (Lipinski definition) is 0. The van der Waals surface area contributed by atoms with Crippen LogP contribution in [0.3, 0.4) is 0 Å². The fourth-order valence-corrected chi connectivity index (χ4v) is 4.34. The SMILES string of the molecule is CC(=O)N1CCN(c2ccc(-c3cc(-c4cnn(C)c4C)cn4ncc(C#N)c34)cn2)CC1. The third kappa shape index (κ3) is 3.59. The van der Waals surface area contributed by atoms with Gasteiger partial charge in [0.05, 0.1) is 23.5 Å². The molecule has 0 unspecified atom stereocenters. The smallest absolute Gasteiger partial charge is 0.219 e. The number of rotatable bonds is 3. The molecule has 1 aliphatic rings. The Bertz CT molecular complexity index is 1380. The van der Waals surface area contributed by atoms with E-state index in [4.69, 9.17) is 4.98 Å². The van der Waals surface area contributed by atoms with Crippen LogP contribution in [0.15, 0.2) is 43.0 Å². The van der Waals surface area contributed by atoms with Gasteiger partial charge in [-0.2, -0.15) is 15.5 Å². The Balaban J connectivity index is 1.54. The van der Waals surface area contributed by atoms with Crippen molar-refractivity contribution in [1.29, 1.82) is 5.26 Å². The second kappa shape index (κ2) is 8.06. The summed E-state index contributed by atoms with van der Waals surface area (Å²) in [6.07, 6.45) is 7.21. The van der Waals surface area contributed by atoms with E-state index in [1.807, 2.05) is 54.3 Å². The van der Waals surface area contributed by atoms with Crippen molar-refractivity contribution in [2.45, 2.75) is 13.8 Å². The lowest BCUT2D eigenvalue weighted by Crippen LogP contribution is -2.48. The number of fused-ring (bicyclic) bond motifs is 1. The Hall–Kier alpha value is -4.19. The van der Waals surface area contributed by atoms with Gasteiger partial charge in [0.1, 0.15) is 11.9 Å². The number of hydrogen-bond acceptors (Lipinski definition) is 6. The lowest BCUT2D eigenvalue weighted by atomic mass is 10.0. The van der Waals surface area contributed by atoms with Crippen LogP contribution < -0.4 is 4.90 Å². The van der Waals surface area contributed by atoms with Crippen molar-refractivity contribution in [2.75, 3.05) is 31.1 Å². The Labute approximate surface area is 191 Å². The van der Waals surface area contributed by atoms with Gasteiger partial charge in [-0.25, -0.2) is 9.50 Å². The number of aromatic nitrogens is 5. The maximum absolute atomic E-state index is 11.6. The molecule has 0 bridgehead atoms. The number of piperazine rings is 1. The molecule has 4 aromatic rings. The molecule has 1 fully saturated rings. The largest absolute Gasteiger partial charge is 0.353 e. The van der Waals surface area contributed by atoms with Crippen LogP contribution in [0.25, 0.3) is 27.8 Å². The molecular formula is C24H24N8O. The molecule has 0 atom stereocenters. The number of nitriles is 1. The minimum Gasteiger partial charge on any atom is -0.353 e. The van der Waals surface area contributed by atoms with E-state index in [9.17, 15) is 10.1 Å². The molecule has 5 rings (SSSR count). The maximum atomic E-state index is 11.6. The normalized spacial score (nSPS) is 14.0. The standard InChI is InChI=1S/C24H24N8O/c1-16-22(14-27-29(16)3)19-10-21(24-20(11-25)13-28-32(24)15-19)18-4-5-23(26-12-18)31-8-6-30(7-9-31)17(2)33/h4-5,10,12-15H,6-9H2,1-3H3. The first-order valence-corrected chi connectivity index (χ1v) is 10.8. The van der Waals surface area contributed by atoms with E-state index in [1.54, 1.807) is 17.6 Å². The molecule has 0 saturated carbocycles. The molecule has 4 aromatic heterocycles. The minimum absolute atomic E-state index is 0.111. The first kappa shape index (κ1) is 20.7. The van der Waals surface area contributed by atoms with Gasteiger partial charge < -0.3 is 9.80 Å². The van der Waals surface area contributed by atoms with Gasteiger partial charge in [0.15, 0.2) is 0 Å². The van der Waals surface area contributed by atoms with E-state index in [-0.39, 0.29) is 5.91 Å². The molecule has 9 heteroatoms. The van der Waals surface area contributed by atoms with Gasteiger partial charge in [-0.1, -0.05) is 0 Å². The van der Waals surface area contributed by atoms with Crippen LogP contribution in [0.5, 0.6) is 0 Å². The molecule has 5 heterocycles. The van der Waals surface area contributed by atoms with Crippen LogP contribution in [0, 0.1) is 18.3 Å². The first-order valence-electron chi connectivity index (χ1n) is 10.8. The molecule has 1 aliphatic heterocycles. The summed E-state index contributed by atoms with van der Waals surface area (Å²) >= 11 is 0. The van der Waals surface area contributed by atoms with Crippen molar-refractivity contribution in [3.63, 3.8) is 0 Å². The number of anilines is 1. The quantitative estimate of drug-likeness (QED) is 0.486. The van der Waals surface area contributed by atoms with Crippen molar-refractivity contribution in [3.8, 4) is 28.3 Å².